The lowest BCUT2D eigenvalue weighted by atomic mass is 9.91. The molecule has 4 aliphatic rings. The molecule has 0 unspecified atom stereocenters. The van der Waals surface area contributed by atoms with E-state index in [0.717, 1.165) is 99.5 Å². The topological polar surface area (TPSA) is 199 Å². The van der Waals surface area contributed by atoms with Crippen LogP contribution in [0.4, 0.5) is 26.2 Å². The molecule has 2 saturated carbocycles. The number of pyridine rings is 2. The van der Waals surface area contributed by atoms with Crippen molar-refractivity contribution in [3.05, 3.63) is 144 Å². The van der Waals surface area contributed by atoms with E-state index in [1.165, 1.54) is 23.9 Å². The summed E-state index contributed by atoms with van der Waals surface area (Å²) in [6.45, 7) is 4.13. The summed E-state index contributed by atoms with van der Waals surface area (Å²) in [7, 11) is 0. The molecule has 0 bridgehead atoms. The van der Waals surface area contributed by atoms with Gasteiger partial charge in [0.25, 0.3) is 0 Å². The number of halogens is 3. The molecular weight excluding hydrogens is 904 g/mol. The van der Waals surface area contributed by atoms with Crippen LogP contribution in [-0.2, 0) is 10.8 Å². The number of hydrogen-bond acceptors (Lipinski definition) is 13. The highest BCUT2D eigenvalue weighted by Gasteiger charge is 2.67. The third-order valence-electron chi connectivity index (χ3n) is 15.1. The molecule has 0 spiro atoms. The lowest BCUT2D eigenvalue weighted by Crippen LogP contribution is -2.33. The van der Waals surface area contributed by atoms with Gasteiger partial charge in [-0.2, -0.15) is 10.2 Å². The summed E-state index contributed by atoms with van der Waals surface area (Å²) in [4.78, 5) is 28.1. The standard InChI is InChI=1S/C25H23FN8.C24H23ClFN7S/c26-20-4-2-1-3-18(20)25(14-27)17-7-9-33(13-19(17)25)21-12-28-23-22(31-32-24(23)30-21)15-6-10-34-16(11-15)5-8-29-34;25-21-19(5-7-30-22(21)28)34-20-10-31-23(18-9-29-13-33(18)20)32-8-6-14-16(11-32)24(14,12-27)15-3-1-2-4-17(15)26/h1-6,8,10-12,17,19H,7,9,13-14,27H2,(H,30,31,32);1-5,7,9-10,13-14,16H,6,8,11-12,27H2,(H2,28,30)/t17-,19+,25-;14-,16+,24-/m11/s1. The van der Waals surface area contributed by atoms with E-state index < -0.39 is 0 Å². The summed E-state index contributed by atoms with van der Waals surface area (Å²) in [6, 6.07) is 21.9. The molecule has 2 saturated heterocycles. The first-order valence-corrected chi connectivity index (χ1v) is 23.9. The van der Waals surface area contributed by atoms with E-state index in [2.05, 4.69) is 35.1 Å². The number of hydrogen-bond donors (Lipinski definition) is 4. The van der Waals surface area contributed by atoms with E-state index in [9.17, 15) is 8.78 Å². The molecule has 15 nitrogen and oxygen atoms in total. The highest BCUT2D eigenvalue weighted by molar-refractivity contribution is 7.99. The van der Waals surface area contributed by atoms with Gasteiger partial charge in [-0.1, -0.05) is 59.8 Å². The summed E-state index contributed by atoms with van der Waals surface area (Å²) < 4.78 is 33.2. The van der Waals surface area contributed by atoms with Crippen LogP contribution in [0.2, 0.25) is 5.02 Å². The molecule has 2 aromatic carbocycles. The van der Waals surface area contributed by atoms with Gasteiger partial charge >= 0.3 is 0 Å². The zero-order chi connectivity index (χ0) is 46.3. The van der Waals surface area contributed by atoms with Crippen molar-refractivity contribution in [2.24, 2.45) is 35.1 Å². The minimum absolute atomic E-state index is 0.159. The van der Waals surface area contributed by atoms with E-state index in [0.29, 0.717) is 53.2 Å². The second kappa shape index (κ2) is 16.5. The predicted molar refractivity (Wildman–Crippen MR) is 259 cm³/mol. The monoisotopic (exact) mass is 949 g/mol. The molecule has 7 N–H and O–H groups in total. The van der Waals surface area contributed by atoms with Gasteiger partial charge in [0.1, 0.15) is 45.7 Å². The lowest BCUT2D eigenvalue weighted by Gasteiger charge is -2.28. The van der Waals surface area contributed by atoms with Gasteiger partial charge < -0.3 is 27.0 Å². The van der Waals surface area contributed by atoms with Crippen LogP contribution in [0.25, 0.3) is 33.5 Å². The summed E-state index contributed by atoms with van der Waals surface area (Å²) >= 11 is 7.81. The van der Waals surface area contributed by atoms with E-state index in [4.69, 9.17) is 43.8 Å². The third kappa shape index (κ3) is 6.70. The molecule has 0 amide bonds. The summed E-state index contributed by atoms with van der Waals surface area (Å²) in [5.74, 6) is 3.02. The van der Waals surface area contributed by atoms with Crippen molar-refractivity contribution in [3.63, 3.8) is 0 Å². The Morgan fingerprint density at radius 3 is 2.22 bits per heavy atom. The molecule has 344 valence electrons. The van der Waals surface area contributed by atoms with Crippen molar-refractivity contribution in [3.8, 4) is 11.3 Å². The van der Waals surface area contributed by atoms with Crippen LogP contribution in [0.3, 0.4) is 0 Å². The highest BCUT2D eigenvalue weighted by Crippen LogP contribution is 2.64. The van der Waals surface area contributed by atoms with Crippen LogP contribution >= 0.6 is 23.4 Å². The number of benzene rings is 2. The van der Waals surface area contributed by atoms with Crippen molar-refractivity contribution in [1.82, 2.24) is 49.1 Å². The quantitative estimate of drug-likeness (QED) is 0.114. The average molecular weight is 951 g/mol. The largest absolute Gasteiger partial charge is 0.382 e. The summed E-state index contributed by atoms with van der Waals surface area (Å²) in [5.41, 5.74) is 24.3. The van der Waals surface area contributed by atoms with Gasteiger partial charge in [0.05, 0.1) is 34.8 Å². The predicted octanol–water partition coefficient (Wildman–Crippen LogP) is 7.16. The molecule has 0 radical (unpaired) electrons. The first-order valence-electron chi connectivity index (χ1n) is 22.7. The summed E-state index contributed by atoms with van der Waals surface area (Å²) in [5, 5.41) is 13.1. The number of nitrogens with one attached hydrogen (secondary N) is 1. The van der Waals surface area contributed by atoms with Crippen LogP contribution in [0, 0.1) is 35.3 Å². The number of anilines is 3. The number of rotatable bonds is 9. The SMILES string of the molecule is NC[C@]1(c2ccccc2F)[C@@H]2CCN(c3cnc4c(-c5ccn6nccc6c5)[nH]nc4n3)C[C@@H]21.NC[C@]1(c2ccccc2F)[C@@H]2CCN(c3ncc(Sc4ccnc(N)c4Cl)n4cncc34)C[C@@H]21. The van der Waals surface area contributed by atoms with E-state index in [1.807, 2.05) is 82.2 Å². The maximum atomic E-state index is 14.7. The van der Waals surface area contributed by atoms with Gasteiger partial charge in [-0.3, -0.25) is 9.50 Å². The number of imidazole rings is 1. The number of H-pyrrole nitrogens is 1. The summed E-state index contributed by atoms with van der Waals surface area (Å²) in [6.07, 6.45) is 14.4. The Bertz CT molecular complexity index is 3380. The molecule has 7 aromatic heterocycles. The maximum Gasteiger partial charge on any atom is 0.202 e. The van der Waals surface area contributed by atoms with Crippen molar-refractivity contribution in [2.45, 2.75) is 33.6 Å². The molecular formula is C49H46ClF2N15S. The molecule has 9 aromatic rings. The maximum absolute atomic E-state index is 14.7. The van der Waals surface area contributed by atoms with Crippen LogP contribution in [0.15, 0.2) is 126 Å². The van der Waals surface area contributed by atoms with Crippen LogP contribution in [0.1, 0.15) is 24.0 Å². The minimum Gasteiger partial charge on any atom is -0.382 e. The zero-order valence-electron chi connectivity index (χ0n) is 36.6. The molecule has 6 atom stereocenters. The van der Waals surface area contributed by atoms with Crippen molar-refractivity contribution >= 4 is 63.0 Å². The number of nitrogen functional groups attached to an aromatic ring is 1. The number of nitrogens with zero attached hydrogens (tertiary/aromatic N) is 11. The molecule has 4 fully saturated rings. The first-order chi connectivity index (χ1) is 33.2. The smallest absolute Gasteiger partial charge is 0.202 e. The normalized spacial score (nSPS) is 23.9. The molecule has 13 rings (SSSR count). The Morgan fingerprint density at radius 1 is 0.794 bits per heavy atom. The van der Waals surface area contributed by atoms with Crippen molar-refractivity contribution in [2.75, 3.05) is 54.8 Å². The third-order valence-corrected chi connectivity index (χ3v) is 16.7. The zero-order valence-corrected chi connectivity index (χ0v) is 38.2. The van der Waals surface area contributed by atoms with E-state index in [1.54, 1.807) is 30.9 Å². The van der Waals surface area contributed by atoms with Crippen LogP contribution in [-0.4, -0.2) is 88.4 Å². The van der Waals surface area contributed by atoms with Crippen LogP contribution in [0.5, 0.6) is 0 Å². The van der Waals surface area contributed by atoms with Crippen LogP contribution < -0.4 is 27.0 Å². The number of aromatic amines is 1. The lowest BCUT2D eigenvalue weighted by molar-refractivity contribution is 0.533. The van der Waals surface area contributed by atoms with Gasteiger partial charge in [0.15, 0.2) is 5.82 Å². The average Bonchev–Trinajstić information content (AvgIpc) is 3.75. The van der Waals surface area contributed by atoms with Crippen molar-refractivity contribution < 1.29 is 8.78 Å². The highest BCUT2D eigenvalue weighted by atomic mass is 35.5. The van der Waals surface area contributed by atoms with Crippen molar-refractivity contribution in [1.29, 1.82) is 0 Å². The number of aromatic nitrogens is 10. The molecule has 9 heterocycles. The second-order valence-corrected chi connectivity index (χ2v) is 19.6. The van der Waals surface area contributed by atoms with E-state index in [-0.39, 0.29) is 22.5 Å². The number of nitrogens with two attached hydrogens (primary N) is 3. The van der Waals surface area contributed by atoms with Gasteiger partial charge in [0.2, 0.25) is 5.65 Å². The number of piperidine rings is 2. The minimum atomic E-state index is -0.301. The van der Waals surface area contributed by atoms with Gasteiger partial charge in [-0.15, -0.1) is 0 Å². The Labute approximate surface area is 398 Å². The Morgan fingerprint density at radius 2 is 1.50 bits per heavy atom. The number of fused-ring (bicyclic) bond motifs is 5. The Balaban J connectivity index is 0.000000141. The second-order valence-electron chi connectivity index (χ2n) is 18.1. The molecule has 19 heteroatoms. The van der Waals surface area contributed by atoms with Gasteiger partial charge in [-0.25, -0.2) is 38.2 Å². The Kier molecular flexibility index (Phi) is 10.3. The van der Waals surface area contributed by atoms with Gasteiger partial charge in [0, 0.05) is 79.1 Å². The Hall–Kier alpha value is -6.73. The van der Waals surface area contributed by atoms with E-state index >= 15 is 0 Å². The fourth-order valence-electron chi connectivity index (χ4n) is 11.7. The molecule has 2 aliphatic heterocycles. The first kappa shape index (κ1) is 42.6. The fourth-order valence-corrected chi connectivity index (χ4v) is 12.8. The fraction of sp³-hybridized carbons (Fsp3) is 0.286. The molecule has 68 heavy (non-hydrogen) atoms. The molecule has 2 aliphatic carbocycles. The van der Waals surface area contributed by atoms with Gasteiger partial charge in [-0.05, 0) is 84.0 Å².